The Morgan fingerprint density at radius 2 is 1.85 bits per heavy atom. The van der Waals surface area contributed by atoms with Crippen LogP contribution in [-0.2, 0) is 9.53 Å². The molecule has 1 saturated heterocycles. The zero-order valence-corrected chi connectivity index (χ0v) is 22.3. The molecule has 1 unspecified atom stereocenters. The van der Waals surface area contributed by atoms with E-state index in [0.717, 1.165) is 37.3 Å². The van der Waals surface area contributed by atoms with E-state index in [-0.39, 0.29) is 47.8 Å². The van der Waals surface area contributed by atoms with Crippen LogP contribution < -0.4 is 10.6 Å². The Bertz CT molecular complexity index is 714. The van der Waals surface area contributed by atoms with E-state index in [9.17, 15) is 9.90 Å². The maximum atomic E-state index is 13.4. The third-order valence-electron chi connectivity index (χ3n) is 6.77. The number of benzene rings is 1. The molecule has 0 spiro atoms. The normalized spacial score (nSPS) is 19.3. The Morgan fingerprint density at radius 3 is 2.48 bits per heavy atom. The summed E-state index contributed by atoms with van der Waals surface area (Å²) < 4.78 is 5.43. The minimum atomic E-state index is -0.278. The molecule has 1 aliphatic carbocycles. The molecule has 1 heterocycles. The average Bonchev–Trinajstić information content (AvgIpc) is 2.84. The molecule has 1 atom stereocenters. The summed E-state index contributed by atoms with van der Waals surface area (Å²) in [5, 5.41) is 16.4. The molecular weight excluding hydrogens is 531 g/mol. The Hall–Kier alpha value is -1.39. The minimum absolute atomic E-state index is 0. The molecule has 1 aromatic rings. The third-order valence-corrected chi connectivity index (χ3v) is 6.77. The van der Waals surface area contributed by atoms with Gasteiger partial charge in [0.05, 0.1) is 19.1 Å². The van der Waals surface area contributed by atoms with Gasteiger partial charge in [-0.15, -0.1) is 24.0 Å². The summed E-state index contributed by atoms with van der Waals surface area (Å²) in [7, 11) is 0. The van der Waals surface area contributed by atoms with Crippen molar-refractivity contribution >= 4 is 35.8 Å². The zero-order valence-electron chi connectivity index (χ0n) is 19.9. The van der Waals surface area contributed by atoms with Crippen LogP contribution in [-0.4, -0.2) is 74.4 Å². The van der Waals surface area contributed by atoms with Gasteiger partial charge >= 0.3 is 0 Å². The topological polar surface area (TPSA) is 86.2 Å². The Balaban J connectivity index is 0.00000385. The summed E-state index contributed by atoms with van der Waals surface area (Å²) in [6.07, 6.45) is 6.75. The van der Waals surface area contributed by atoms with Gasteiger partial charge in [-0.2, -0.15) is 0 Å². The number of carbonyl (C=O) groups is 1. The quantitative estimate of drug-likeness (QED) is 0.241. The van der Waals surface area contributed by atoms with Crippen molar-refractivity contribution in [3.05, 3.63) is 35.9 Å². The van der Waals surface area contributed by atoms with E-state index in [1.165, 1.54) is 19.3 Å². The monoisotopic (exact) mass is 572 g/mol. The van der Waals surface area contributed by atoms with Gasteiger partial charge in [0, 0.05) is 39.3 Å². The number of aliphatic imine (C=N–C) groups is 1. The molecule has 0 radical (unpaired) electrons. The molecule has 186 valence electrons. The van der Waals surface area contributed by atoms with E-state index in [1.54, 1.807) is 0 Å². The number of carbonyl (C=O) groups excluding carboxylic acids is 1. The molecule has 0 aromatic heterocycles. The van der Waals surface area contributed by atoms with Gasteiger partial charge in [-0.1, -0.05) is 49.6 Å². The first-order valence-corrected chi connectivity index (χ1v) is 12.2. The van der Waals surface area contributed by atoms with Crippen molar-refractivity contribution in [3.63, 3.8) is 0 Å². The summed E-state index contributed by atoms with van der Waals surface area (Å²) in [6, 6.07) is 9.98. The van der Waals surface area contributed by atoms with Crippen LogP contribution in [0, 0.1) is 5.41 Å². The van der Waals surface area contributed by atoms with E-state index >= 15 is 0 Å². The predicted octanol–water partition coefficient (Wildman–Crippen LogP) is 3.14. The molecular formula is C25H41IN4O3. The summed E-state index contributed by atoms with van der Waals surface area (Å²) >= 11 is 0. The van der Waals surface area contributed by atoms with Crippen molar-refractivity contribution < 1.29 is 14.6 Å². The van der Waals surface area contributed by atoms with Gasteiger partial charge in [0.1, 0.15) is 0 Å². The second-order valence-corrected chi connectivity index (χ2v) is 9.01. The third kappa shape index (κ3) is 8.40. The maximum Gasteiger partial charge on any atom is 0.232 e. The lowest BCUT2D eigenvalue weighted by Gasteiger charge is -2.36. The van der Waals surface area contributed by atoms with Crippen LogP contribution in [0.5, 0.6) is 0 Å². The van der Waals surface area contributed by atoms with Gasteiger partial charge in [0.2, 0.25) is 5.91 Å². The summed E-state index contributed by atoms with van der Waals surface area (Å²) in [4.78, 5) is 20.2. The fourth-order valence-corrected chi connectivity index (χ4v) is 4.85. The van der Waals surface area contributed by atoms with Crippen LogP contribution in [0.25, 0.3) is 0 Å². The highest BCUT2D eigenvalue weighted by Crippen LogP contribution is 2.39. The van der Waals surface area contributed by atoms with Gasteiger partial charge in [-0.05, 0) is 37.2 Å². The Morgan fingerprint density at radius 1 is 1.15 bits per heavy atom. The fourth-order valence-electron chi connectivity index (χ4n) is 4.85. The molecule has 8 heteroatoms. The van der Waals surface area contributed by atoms with E-state index in [2.05, 4.69) is 17.6 Å². The van der Waals surface area contributed by atoms with Gasteiger partial charge in [-0.25, -0.2) is 0 Å². The number of aliphatic hydroxyl groups is 1. The highest BCUT2D eigenvalue weighted by molar-refractivity contribution is 14.0. The number of nitrogens with zero attached hydrogens (tertiary/aromatic N) is 2. The van der Waals surface area contributed by atoms with Crippen LogP contribution in [0.15, 0.2) is 35.3 Å². The Kier molecular flexibility index (Phi) is 12.5. The molecule has 7 nitrogen and oxygen atoms in total. The average molecular weight is 573 g/mol. The number of amides is 1. The number of nitrogens with one attached hydrogen (secondary N) is 2. The van der Waals surface area contributed by atoms with Gasteiger partial charge in [0.15, 0.2) is 5.96 Å². The first kappa shape index (κ1) is 27.9. The molecule has 33 heavy (non-hydrogen) atoms. The SMILES string of the molecule is CCNC(=NCC1(CCO)CCCCC1)NCC(C(=O)N1CCOCC1)c1ccccc1.I. The number of rotatable bonds is 9. The first-order chi connectivity index (χ1) is 15.7. The number of hydrogen-bond donors (Lipinski definition) is 3. The van der Waals surface area contributed by atoms with Crippen LogP contribution in [0.4, 0.5) is 0 Å². The molecule has 1 saturated carbocycles. The van der Waals surface area contributed by atoms with Gasteiger partial charge in [0.25, 0.3) is 0 Å². The fraction of sp³-hybridized carbons (Fsp3) is 0.680. The number of guanidine groups is 1. The molecule has 1 aliphatic heterocycles. The minimum Gasteiger partial charge on any atom is -0.396 e. The summed E-state index contributed by atoms with van der Waals surface area (Å²) in [5.41, 5.74) is 1.11. The highest BCUT2D eigenvalue weighted by Gasteiger charge is 2.32. The lowest BCUT2D eigenvalue weighted by molar-refractivity contribution is -0.136. The van der Waals surface area contributed by atoms with Crippen LogP contribution in [0.2, 0.25) is 0 Å². The molecule has 0 bridgehead atoms. The predicted molar refractivity (Wildman–Crippen MR) is 143 cm³/mol. The van der Waals surface area contributed by atoms with Crippen LogP contribution in [0.3, 0.4) is 0 Å². The molecule has 1 amide bonds. The van der Waals surface area contributed by atoms with Crippen molar-refractivity contribution in [1.82, 2.24) is 15.5 Å². The molecule has 3 rings (SSSR count). The molecule has 3 N–H and O–H groups in total. The summed E-state index contributed by atoms with van der Waals surface area (Å²) in [6.45, 7) is 6.68. The largest absolute Gasteiger partial charge is 0.396 e. The van der Waals surface area contributed by atoms with Crippen molar-refractivity contribution in [2.24, 2.45) is 10.4 Å². The molecule has 2 fully saturated rings. The first-order valence-electron chi connectivity index (χ1n) is 12.2. The Labute approximate surface area is 215 Å². The molecule has 2 aliphatic rings. The number of halogens is 1. The zero-order chi connectivity index (χ0) is 22.7. The smallest absolute Gasteiger partial charge is 0.232 e. The second-order valence-electron chi connectivity index (χ2n) is 9.01. The van der Waals surface area contributed by atoms with Crippen molar-refractivity contribution in [2.45, 2.75) is 51.4 Å². The number of morpholine rings is 1. The van der Waals surface area contributed by atoms with Crippen molar-refractivity contribution in [2.75, 3.05) is 52.5 Å². The second kappa shape index (κ2) is 14.8. The van der Waals surface area contributed by atoms with E-state index < -0.39 is 0 Å². The number of hydrogen-bond acceptors (Lipinski definition) is 4. The van der Waals surface area contributed by atoms with Crippen molar-refractivity contribution in [1.29, 1.82) is 0 Å². The van der Waals surface area contributed by atoms with Crippen molar-refractivity contribution in [3.8, 4) is 0 Å². The van der Waals surface area contributed by atoms with Gasteiger partial charge in [-0.3, -0.25) is 9.79 Å². The number of aliphatic hydroxyl groups excluding tert-OH is 1. The lowest BCUT2D eigenvalue weighted by Crippen LogP contribution is -2.47. The number of ether oxygens (including phenoxy) is 1. The van der Waals surface area contributed by atoms with Gasteiger partial charge < -0.3 is 25.4 Å². The highest BCUT2D eigenvalue weighted by atomic mass is 127. The van der Waals surface area contributed by atoms with Crippen LogP contribution in [0.1, 0.15) is 56.9 Å². The van der Waals surface area contributed by atoms with E-state index in [4.69, 9.17) is 9.73 Å². The standard InChI is InChI=1S/C25H40N4O3.HI/c1-2-26-24(28-20-25(13-16-30)11-7-4-8-12-25)27-19-22(21-9-5-3-6-10-21)23(31)29-14-17-32-18-15-29;/h3,5-6,9-10,22,30H,2,4,7-8,11-20H2,1H3,(H2,26,27,28);1H. The van der Waals surface area contributed by atoms with E-state index in [0.29, 0.717) is 39.4 Å². The summed E-state index contributed by atoms with van der Waals surface area (Å²) in [5.74, 6) is 0.595. The lowest BCUT2D eigenvalue weighted by atomic mass is 9.72. The van der Waals surface area contributed by atoms with E-state index in [1.807, 2.05) is 35.2 Å². The van der Waals surface area contributed by atoms with Crippen LogP contribution >= 0.6 is 24.0 Å². The molecule has 1 aromatic carbocycles. The maximum absolute atomic E-state index is 13.4.